The second kappa shape index (κ2) is 20.1. The Labute approximate surface area is 289 Å². The maximum atomic E-state index is 13.7. The van der Waals surface area contributed by atoms with Crippen LogP contribution >= 0.6 is 0 Å². The van der Waals surface area contributed by atoms with E-state index in [1.807, 2.05) is 58.0 Å². The zero-order valence-electron chi connectivity index (χ0n) is 29.0. The molecular formula is C38H51N5O6. The van der Waals surface area contributed by atoms with Gasteiger partial charge < -0.3 is 26.0 Å². The van der Waals surface area contributed by atoms with Gasteiger partial charge in [-0.3, -0.25) is 24.0 Å². The molecule has 5 N–H and O–H groups in total. The molecule has 3 atom stereocenters. The van der Waals surface area contributed by atoms with Crippen LogP contribution in [-0.2, 0) is 43.2 Å². The number of nitrogens with one attached hydrogen (secondary N) is 4. The van der Waals surface area contributed by atoms with Gasteiger partial charge in [-0.2, -0.15) is 0 Å². The highest BCUT2D eigenvalue weighted by Gasteiger charge is 2.28. The highest BCUT2D eigenvalue weighted by atomic mass is 16.3. The number of amides is 1. The Morgan fingerprint density at radius 1 is 0.776 bits per heavy atom. The van der Waals surface area contributed by atoms with E-state index in [0.717, 1.165) is 11.1 Å². The normalized spacial score (nSPS) is 13.2. The van der Waals surface area contributed by atoms with Crippen molar-refractivity contribution in [3.05, 3.63) is 83.9 Å². The predicted octanol–water partition coefficient (Wildman–Crippen LogP) is 3.69. The molecule has 0 aliphatic heterocycles. The van der Waals surface area contributed by atoms with Crippen LogP contribution in [0, 0.1) is 11.8 Å². The largest absolute Gasteiger partial charge is 0.508 e. The van der Waals surface area contributed by atoms with E-state index < -0.39 is 23.9 Å². The van der Waals surface area contributed by atoms with Crippen molar-refractivity contribution >= 4 is 29.0 Å². The molecule has 0 bridgehead atoms. The first-order valence-corrected chi connectivity index (χ1v) is 17.1. The summed E-state index contributed by atoms with van der Waals surface area (Å²) in [6.07, 6.45) is 4.12. The molecular weight excluding hydrogens is 622 g/mol. The Bertz CT molecular complexity index is 1490. The summed E-state index contributed by atoms with van der Waals surface area (Å²) in [7, 11) is 0. The third-order valence-corrected chi connectivity index (χ3v) is 8.29. The summed E-state index contributed by atoms with van der Waals surface area (Å²) in [4.78, 5) is 72.8. The van der Waals surface area contributed by atoms with Crippen LogP contribution in [0.3, 0.4) is 0 Å². The average Bonchev–Trinajstić information content (AvgIpc) is 3.59. The van der Waals surface area contributed by atoms with E-state index in [1.165, 1.54) is 6.33 Å². The molecule has 1 heterocycles. The van der Waals surface area contributed by atoms with Crippen molar-refractivity contribution in [1.29, 1.82) is 0 Å². The summed E-state index contributed by atoms with van der Waals surface area (Å²) in [5.74, 6) is -1.67. The van der Waals surface area contributed by atoms with Gasteiger partial charge in [0.1, 0.15) is 17.3 Å². The molecule has 1 aromatic heterocycles. The Morgan fingerprint density at radius 2 is 1.45 bits per heavy atom. The number of aromatic nitrogens is 2. The molecule has 2 aromatic carbocycles. The number of benzene rings is 2. The first-order valence-electron chi connectivity index (χ1n) is 17.1. The van der Waals surface area contributed by atoms with Crippen LogP contribution in [0.5, 0.6) is 5.75 Å². The summed E-state index contributed by atoms with van der Waals surface area (Å²) in [5, 5.41) is 18.8. The fourth-order valence-corrected chi connectivity index (χ4v) is 5.46. The highest BCUT2D eigenvalue weighted by molar-refractivity contribution is 5.94. The van der Waals surface area contributed by atoms with E-state index in [9.17, 15) is 29.1 Å². The van der Waals surface area contributed by atoms with Crippen molar-refractivity contribution in [2.75, 3.05) is 13.1 Å². The van der Waals surface area contributed by atoms with Gasteiger partial charge in [0.15, 0.2) is 11.6 Å². The third kappa shape index (κ3) is 14.3. The standard InChI is InChI=1S/C38H51N5O6/c1-25(2)37(48)35(19-28-10-12-31(44)13-11-28)40-17-16-32(45)14-15-36(47)34(18-27-8-6-5-7-9-27)43-38(49)29(20-30-22-39-24-42-30)21-33(46)23-41-26(3)4/h5-13,22,24-26,29,34-35,40-41,44H,14-21,23H2,1-4H3,(H,39,42)(H,43,49)/t29-,34+,35+/m1/s1. The van der Waals surface area contributed by atoms with E-state index in [0.29, 0.717) is 12.1 Å². The van der Waals surface area contributed by atoms with Crippen LogP contribution in [0.1, 0.15) is 70.2 Å². The van der Waals surface area contributed by atoms with Gasteiger partial charge in [0.2, 0.25) is 5.91 Å². The molecule has 1 amide bonds. The second-order valence-electron chi connectivity index (χ2n) is 13.2. The maximum Gasteiger partial charge on any atom is 0.224 e. The van der Waals surface area contributed by atoms with Crippen LogP contribution in [0.2, 0.25) is 0 Å². The Morgan fingerprint density at radius 3 is 2.08 bits per heavy atom. The van der Waals surface area contributed by atoms with Crippen molar-refractivity contribution in [2.24, 2.45) is 11.8 Å². The minimum Gasteiger partial charge on any atom is -0.508 e. The summed E-state index contributed by atoms with van der Waals surface area (Å²) >= 11 is 0. The van der Waals surface area contributed by atoms with Crippen molar-refractivity contribution in [3.63, 3.8) is 0 Å². The molecule has 0 aliphatic rings. The van der Waals surface area contributed by atoms with Gasteiger partial charge >= 0.3 is 0 Å². The van der Waals surface area contributed by atoms with Crippen LogP contribution in [-0.4, -0.2) is 75.3 Å². The number of phenols is 1. The number of carbonyl (C=O) groups is 5. The molecule has 3 rings (SSSR count). The number of H-pyrrole nitrogens is 1. The third-order valence-electron chi connectivity index (χ3n) is 8.29. The maximum absolute atomic E-state index is 13.7. The summed E-state index contributed by atoms with van der Waals surface area (Å²) in [6, 6.07) is 14.7. The first kappa shape index (κ1) is 39.0. The lowest BCUT2D eigenvalue weighted by molar-refractivity contribution is -0.132. The molecule has 0 radical (unpaired) electrons. The number of hydrogen-bond acceptors (Lipinski definition) is 9. The SMILES string of the molecule is CC(C)NCC(=O)C[C@@H](Cc1cnc[nH]1)C(=O)N[C@@H](Cc1ccccc1)C(=O)CCC(=O)CCN[C@@H](Cc1ccc(O)cc1)C(=O)C(C)C. The number of Topliss-reactive ketones (excluding diaryl/α,β-unsaturated/α-hetero) is 4. The number of carbonyl (C=O) groups excluding carboxylic acids is 5. The first-order chi connectivity index (χ1) is 23.4. The van der Waals surface area contributed by atoms with E-state index >= 15 is 0 Å². The number of hydrogen-bond donors (Lipinski definition) is 5. The molecule has 11 heteroatoms. The zero-order chi connectivity index (χ0) is 35.8. The van der Waals surface area contributed by atoms with E-state index in [2.05, 4.69) is 25.9 Å². The van der Waals surface area contributed by atoms with Gasteiger partial charge in [-0.15, -0.1) is 0 Å². The number of rotatable bonds is 23. The van der Waals surface area contributed by atoms with E-state index in [1.54, 1.807) is 30.5 Å². The Kier molecular flexibility index (Phi) is 16.0. The lowest BCUT2D eigenvalue weighted by Crippen LogP contribution is -2.46. The number of phenolic OH excluding ortho intramolecular Hbond substituents is 1. The lowest BCUT2D eigenvalue weighted by atomic mass is 9.93. The van der Waals surface area contributed by atoms with E-state index in [-0.39, 0.29) is 92.5 Å². The Balaban J connectivity index is 1.62. The van der Waals surface area contributed by atoms with Crippen LogP contribution in [0.25, 0.3) is 0 Å². The number of aromatic amines is 1. The average molecular weight is 674 g/mol. The topological polar surface area (TPSA) is 170 Å². The molecule has 0 saturated carbocycles. The summed E-state index contributed by atoms with van der Waals surface area (Å²) in [6.45, 7) is 7.94. The number of aromatic hydroxyl groups is 1. The quantitative estimate of drug-likeness (QED) is 0.101. The van der Waals surface area contributed by atoms with Crippen LogP contribution < -0.4 is 16.0 Å². The minimum atomic E-state index is -0.882. The molecule has 0 saturated heterocycles. The van der Waals surface area contributed by atoms with Gasteiger partial charge in [-0.25, -0.2) is 4.98 Å². The van der Waals surface area contributed by atoms with Crippen LogP contribution in [0.15, 0.2) is 67.1 Å². The molecule has 0 spiro atoms. The van der Waals surface area contributed by atoms with Gasteiger partial charge in [0.25, 0.3) is 0 Å². The predicted molar refractivity (Wildman–Crippen MR) is 188 cm³/mol. The molecule has 0 aliphatic carbocycles. The molecule has 11 nitrogen and oxygen atoms in total. The molecule has 49 heavy (non-hydrogen) atoms. The number of imidazole rings is 1. The smallest absolute Gasteiger partial charge is 0.224 e. The fraction of sp³-hybridized carbons (Fsp3) is 0.474. The molecule has 0 fully saturated rings. The van der Waals surface area contributed by atoms with E-state index in [4.69, 9.17) is 0 Å². The minimum absolute atomic E-state index is 0.000635. The summed E-state index contributed by atoms with van der Waals surface area (Å²) in [5.41, 5.74) is 2.44. The number of nitrogens with zero attached hydrogens (tertiary/aromatic N) is 1. The van der Waals surface area contributed by atoms with Crippen molar-refractivity contribution in [2.45, 2.75) is 90.8 Å². The molecule has 264 valence electrons. The van der Waals surface area contributed by atoms with Gasteiger partial charge in [-0.1, -0.05) is 70.2 Å². The van der Waals surface area contributed by atoms with Gasteiger partial charge in [0.05, 0.1) is 30.9 Å². The van der Waals surface area contributed by atoms with Crippen molar-refractivity contribution in [1.82, 2.24) is 25.9 Å². The second-order valence-corrected chi connectivity index (χ2v) is 13.2. The lowest BCUT2D eigenvalue weighted by Gasteiger charge is -2.22. The van der Waals surface area contributed by atoms with Crippen molar-refractivity contribution < 1.29 is 29.1 Å². The van der Waals surface area contributed by atoms with Crippen LogP contribution in [0.4, 0.5) is 0 Å². The van der Waals surface area contributed by atoms with Crippen molar-refractivity contribution in [3.8, 4) is 5.75 Å². The monoisotopic (exact) mass is 673 g/mol. The Hall–Kier alpha value is -4.48. The highest BCUT2D eigenvalue weighted by Crippen LogP contribution is 2.16. The van der Waals surface area contributed by atoms with Gasteiger partial charge in [0, 0.05) is 62.5 Å². The zero-order valence-corrected chi connectivity index (χ0v) is 29.0. The summed E-state index contributed by atoms with van der Waals surface area (Å²) < 4.78 is 0. The molecule has 0 unspecified atom stereocenters. The van der Waals surface area contributed by atoms with Gasteiger partial charge in [-0.05, 0) is 36.1 Å². The molecule has 3 aromatic rings. The fourth-order valence-electron chi connectivity index (χ4n) is 5.46. The number of ketones is 4.